The van der Waals surface area contributed by atoms with Crippen molar-refractivity contribution in [3.63, 3.8) is 0 Å². The molecule has 3 aromatic carbocycles. The quantitative estimate of drug-likeness (QED) is 0.226. The number of methoxy groups -OCH3 is 3. The summed E-state index contributed by atoms with van der Waals surface area (Å²) < 4.78 is 22.4. The molecule has 5 rings (SSSR count). The number of phenolic OH excluding ortho intramolecular Hbond substituents is 1. The number of phenols is 1. The van der Waals surface area contributed by atoms with Crippen LogP contribution in [0, 0.1) is 5.92 Å². The van der Waals surface area contributed by atoms with E-state index in [1.165, 1.54) is 45.6 Å². The standard InChI is InChI=1S/C35H36ClNO10/c1-18-12-24(40)29(33(42)35(18)34(43)30-26(45-3)16-27(46-4)31(36)32(30)47-35)22(20-10-11-23(39)25(14-20)44-2)15-28(41)37-21(17-38)13-19-8-6-5-7-9-19/h5-11,14,16,18,21-22,38-39,42H,12-13,15,17H2,1-4H3,(H,37,41)/t18-,21-,22?,35+/m1/s1. The van der Waals surface area contributed by atoms with E-state index >= 15 is 0 Å². The number of carbonyl (C=O) groups is 3. The number of benzene rings is 3. The first kappa shape index (κ1) is 33.6. The molecule has 1 unspecified atom stereocenters. The molecule has 0 saturated carbocycles. The molecule has 0 radical (unpaired) electrons. The van der Waals surface area contributed by atoms with Gasteiger partial charge >= 0.3 is 0 Å². The predicted molar refractivity (Wildman–Crippen MR) is 172 cm³/mol. The van der Waals surface area contributed by atoms with Crippen LogP contribution in [0.3, 0.4) is 0 Å². The minimum atomic E-state index is -2.06. The van der Waals surface area contributed by atoms with Gasteiger partial charge in [-0.1, -0.05) is 54.9 Å². The number of carbonyl (C=O) groups excluding carboxylic acids is 3. The maximum Gasteiger partial charge on any atom is 0.231 e. The number of aromatic hydroxyl groups is 1. The molecule has 0 fully saturated rings. The Labute approximate surface area is 276 Å². The normalized spacial score (nSPS) is 20.0. The van der Waals surface area contributed by atoms with Gasteiger partial charge in [-0.3, -0.25) is 14.4 Å². The number of ether oxygens (including phenoxy) is 4. The summed E-state index contributed by atoms with van der Waals surface area (Å²) in [6.45, 7) is 1.26. The predicted octanol–water partition coefficient (Wildman–Crippen LogP) is 4.70. The van der Waals surface area contributed by atoms with Crippen LogP contribution in [0.4, 0.5) is 0 Å². The first-order valence-corrected chi connectivity index (χ1v) is 15.3. The van der Waals surface area contributed by atoms with Gasteiger partial charge in [0.25, 0.3) is 0 Å². The Morgan fingerprint density at radius 2 is 1.70 bits per heavy atom. The number of hydrogen-bond donors (Lipinski definition) is 4. The summed E-state index contributed by atoms with van der Waals surface area (Å²) in [6, 6.07) is 14.4. The van der Waals surface area contributed by atoms with Gasteiger partial charge in [0, 0.05) is 36.3 Å². The molecule has 4 atom stereocenters. The average Bonchev–Trinajstić information content (AvgIpc) is 3.38. The van der Waals surface area contributed by atoms with Crippen molar-refractivity contribution in [1.29, 1.82) is 0 Å². The fourth-order valence-electron chi connectivity index (χ4n) is 6.37. The van der Waals surface area contributed by atoms with Crippen molar-refractivity contribution in [2.24, 2.45) is 5.92 Å². The molecular formula is C35H36ClNO10. The first-order chi connectivity index (χ1) is 22.5. The lowest BCUT2D eigenvalue weighted by molar-refractivity contribution is -0.122. The third kappa shape index (κ3) is 5.96. The van der Waals surface area contributed by atoms with E-state index in [0.717, 1.165) is 5.56 Å². The third-order valence-electron chi connectivity index (χ3n) is 8.77. The van der Waals surface area contributed by atoms with E-state index in [1.54, 1.807) is 6.92 Å². The van der Waals surface area contributed by atoms with Gasteiger partial charge in [-0.2, -0.15) is 0 Å². The summed E-state index contributed by atoms with van der Waals surface area (Å²) >= 11 is 6.57. The number of fused-ring (bicyclic) bond motifs is 1. The van der Waals surface area contributed by atoms with Gasteiger partial charge in [-0.05, 0) is 29.7 Å². The summed E-state index contributed by atoms with van der Waals surface area (Å²) in [5, 5.41) is 35.2. The van der Waals surface area contributed by atoms with Crippen molar-refractivity contribution < 1.29 is 48.7 Å². The molecule has 4 N–H and O–H groups in total. The molecular weight excluding hydrogens is 630 g/mol. The van der Waals surface area contributed by atoms with Gasteiger partial charge in [0.05, 0.1) is 34.0 Å². The van der Waals surface area contributed by atoms with Crippen LogP contribution in [-0.2, 0) is 16.0 Å². The number of ketones is 2. The summed E-state index contributed by atoms with van der Waals surface area (Å²) in [5.74, 6) is -4.22. The average molecular weight is 666 g/mol. The Morgan fingerprint density at radius 1 is 1.02 bits per heavy atom. The Kier molecular flexibility index (Phi) is 9.69. The number of aliphatic hydroxyl groups is 2. The Balaban J connectivity index is 1.61. The molecule has 0 bridgehead atoms. The van der Waals surface area contributed by atoms with Gasteiger partial charge < -0.3 is 39.6 Å². The molecule has 1 heterocycles. The number of hydrogen-bond acceptors (Lipinski definition) is 10. The highest BCUT2D eigenvalue weighted by Crippen LogP contribution is 2.56. The fourth-order valence-corrected chi connectivity index (χ4v) is 6.63. The minimum absolute atomic E-state index is 0.0142. The molecule has 3 aromatic rings. The van der Waals surface area contributed by atoms with Crippen LogP contribution < -0.4 is 24.3 Å². The molecule has 1 spiro atoms. The largest absolute Gasteiger partial charge is 0.507 e. The number of nitrogens with one attached hydrogen (secondary N) is 1. The number of allylic oxidation sites excluding steroid dienone is 1. The molecule has 248 valence electrons. The van der Waals surface area contributed by atoms with Crippen LogP contribution in [0.25, 0.3) is 0 Å². The SMILES string of the molecule is COc1cc(C(CC(=O)N[C@@H](CO)Cc2ccccc2)C2=C(O)[C@@]3(Oc4c(Cl)c(OC)cc(OC)c4C3=O)[C@H](C)CC2=O)ccc1O. The first-order valence-electron chi connectivity index (χ1n) is 15.0. The van der Waals surface area contributed by atoms with Crippen LogP contribution in [0.2, 0.25) is 5.02 Å². The highest BCUT2D eigenvalue weighted by Gasteiger charge is 2.61. The second kappa shape index (κ2) is 13.5. The maximum absolute atomic E-state index is 14.3. The lowest BCUT2D eigenvalue weighted by atomic mass is 9.69. The van der Waals surface area contributed by atoms with Crippen molar-refractivity contribution >= 4 is 29.1 Å². The Bertz CT molecular complexity index is 1740. The zero-order chi connectivity index (χ0) is 34.0. The van der Waals surface area contributed by atoms with Crippen LogP contribution in [0.5, 0.6) is 28.7 Å². The second-order valence-electron chi connectivity index (χ2n) is 11.6. The summed E-state index contributed by atoms with van der Waals surface area (Å²) in [7, 11) is 4.10. The van der Waals surface area contributed by atoms with Crippen LogP contribution in [0.1, 0.15) is 47.2 Å². The van der Waals surface area contributed by atoms with Gasteiger partial charge in [-0.15, -0.1) is 0 Å². The van der Waals surface area contributed by atoms with Gasteiger partial charge in [-0.25, -0.2) is 0 Å². The van der Waals surface area contributed by atoms with E-state index in [-0.39, 0.29) is 64.4 Å². The summed E-state index contributed by atoms with van der Waals surface area (Å²) in [4.78, 5) is 41.8. The van der Waals surface area contributed by atoms with Crippen molar-refractivity contribution in [1.82, 2.24) is 5.32 Å². The van der Waals surface area contributed by atoms with E-state index in [0.29, 0.717) is 12.0 Å². The van der Waals surface area contributed by atoms with Crippen LogP contribution in [-0.4, -0.2) is 72.4 Å². The number of amides is 1. The number of halogens is 1. The van der Waals surface area contributed by atoms with E-state index in [2.05, 4.69) is 5.32 Å². The Morgan fingerprint density at radius 3 is 2.34 bits per heavy atom. The van der Waals surface area contributed by atoms with Crippen LogP contribution >= 0.6 is 11.6 Å². The third-order valence-corrected chi connectivity index (χ3v) is 9.12. The molecule has 11 nitrogen and oxygen atoms in total. The minimum Gasteiger partial charge on any atom is -0.507 e. The van der Waals surface area contributed by atoms with Crippen molar-refractivity contribution in [2.45, 2.75) is 43.7 Å². The zero-order valence-electron chi connectivity index (χ0n) is 26.3. The van der Waals surface area contributed by atoms with Crippen molar-refractivity contribution in [2.75, 3.05) is 27.9 Å². The number of rotatable bonds is 11. The number of Topliss-reactive ketones (excluding diaryl/α,β-unsaturated/α-hetero) is 2. The molecule has 2 aliphatic rings. The van der Waals surface area contributed by atoms with Crippen molar-refractivity contribution in [3.8, 4) is 28.7 Å². The van der Waals surface area contributed by atoms with E-state index in [1.807, 2.05) is 30.3 Å². The van der Waals surface area contributed by atoms with Gasteiger partial charge in [0.15, 0.2) is 28.8 Å². The molecule has 1 aliphatic carbocycles. The van der Waals surface area contributed by atoms with E-state index in [9.17, 15) is 29.7 Å². The van der Waals surface area contributed by atoms with E-state index < -0.39 is 46.7 Å². The smallest absolute Gasteiger partial charge is 0.231 e. The molecule has 0 aromatic heterocycles. The fraction of sp³-hybridized carbons (Fsp3) is 0.343. The Hall–Kier alpha value is -4.74. The van der Waals surface area contributed by atoms with Crippen LogP contribution in [0.15, 0.2) is 65.9 Å². The highest BCUT2D eigenvalue weighted by molar-refractivity contribution is 6.35. The monoisotopic (exact) mass is 665 g/mol. The van der Waals surface area contributed by atoms with Gasteiger partial charge in [0.1, 0.15) is 22.1 Å². The zero-order valence-corrected chi connectivity index (χ0v) is 27.1. The molecule has 47 heavy (non-hydrogen) atoms. The highest BCUT2D eigenvalue weighted by atomic mass is 35.5. The maximum atomic E-state index is 14.3. The molecule has 12 heteroatoms. The summed E-state index contributed by atoms with van der Waals surface area (Å²) in [6.07, 6.45) is -0.231. The lowest BCUT2D eigenvalue weighted by Gasteiger charge is -2.38. The van der Waals surface area contributed by atoms with Crippen molar-refractivity contribution in [3.05, 3.63) is 87.6 Å². The lowest BCUT2D eigenvalue weighted by Crippen LogP contribution is -2.53. The van der Waals surface area contributed by atoms with E-state index in [4.69, 9.17) is 30.5 Å². The summed E-state index contributed by atoms with van der Waals surface area (Å²) in [5.41, 5.74) is -1.05. The topological polar surface area (TPSA) is 161 Å². The number of aliphatic hydroxyl groups excluding tert-OH is 2. The van der Waals surface area contributed by atoms with Gasteiger partial charge in [0.2, 0.25) is 17.3 Å². The molecule has 1 amide bonds. The second-order valence-corrected chi connectivity index (χ2v) is 12.0. The molecule has 0 saturated heterocycles. The molecule has 1 aliphatic heterocycles.